The lowest BCUT2D eigenvalue weighted by Crippen LogP contribution is -2.21. The molecule has 2 aromatic heterocycles. The van der Waals surface area contributed by atoms with Crippen molar-refractivity contribution in [2.24, 2.45) is 5.92 Å². The first kappa shape index (κ1) is 12.7. The maximum Gasteiger partial charge on any atom is 0.305 e. The third-order valence-corrected chi connectivity index (χ3v) is 3.42. The first-order valence-electron chi connectivity index (χ1n) is 5.62. The zero-order valence-electron chi connectivity index (χ0n) is 10.1. The molecule has 2 heterocycles. The zero-order chi connectivity index (χ0) is 13.1. The van der Waals surface area contributed by atoms with Gasteiger partial charge in [0.1, 0.15) is 0 Å². The summed E-state index contributed by atoms with van der Waals surface area (Å²) in [7, 11) is 0. The summed E-state index contributed by atoms with van der Waals surface area (Å²) in [4.78, 5) is 10.9. The number of nitrogens with zero attached hydrogens (tertiary/aromatic N) is 4. The van der Waals surface area contributed by atoms with Crippen LogP contribution in [0.2, 0.25) is 0 Å². The van der Waals surface area contributed by atoms with Crippen molar-refractivity contribution in [1.29, 1.82) is 0 Å². The third-order valence-electron chi connectivity index (χ3n) is 2.74. The Balaban J connectivity index is 2.37. The number of tetrazole rings is 1. The highest BCUT2D eigenvalue weighted by Crippen LogP contribution is 2.27. The summed E-state index contributed by atoms with van der Waals surface area (Å²) in [6, 6.07) is 1.68. The van der Waals surface area contributed by atoms with Crippen LogP contribution in [0.5, 0.6) is 0 Å². The van der Waals surface area contributed by atoms with Crippen molar-refractivity contribution in [3.63, 3.8) is 0 Å². The topological polar surface area (TPSA) is 80.9 Å². The van der Waals surface area contributed by atoms with E-state index in [9.17, 15) is 4.79 Å². The fourth-order valence-electron chi connectivity index (χ4n) is 1.78. The Bertz CT molecular complexity index is 521. The smallest absolute Gasteiger partial charge is 0.305 e. The van der Waals surface area contributed by atoms with Crippen LogP contribution in [-0.2, 0) is 4.79 Å². The van der Waals surface area contributed by atoms with E-state index in [1.54, 1.807) is 16.0 Å². The van der Waals surface area contributed by atoms with Gasteiger partial charge in [0.25, 0.3) is 0 Å². The summed E-state index contributed by atoms with van der Waals surface area (Å²) in [6.45, 7) is 3.93. The molecule has 0 aliphatic carbocycles. The summed E-state index contributed by atoms with van der Waals surface area (Å²) in [5.74, 6) is -0.0846. The van der Waals surface area contributed by atoms with Gasteiger partial charge in [0.2, 0.25) is 0 Å². The zero-order valence-corrected chi connectivity index (χ0v) is 11.0. The SMILES string of the molecule is CC(C)C(CC(=O)O)n1nnnc1-c1ccsc1. The molecule has 1 N–H and O–H groups in total. The molecule has 1 unspecified atom stereocenters. The van der Waals surface area contributed by atoms with Crippen LogP contribution in [0.1, 0.15) is 26.3 Å². The predicted molar refractivity (Wildman–Crippen MR) is 67.3 cm³/mol. The van der Waals surface area contributed by atoms with Gasteiger partial charge in [0, 0.05) is 10.9 Å². The van der Waals surface area contributed by atoms with Crippen LogP contribution in [0.3, 0.4) is 0 Å². The molecule has 0 aliphatic heterocycles. The number of hydrogen-bond acceptors (Lipinski definition) is 5. The van der Waals surface area contributed by atoms with Crippen LogP contribution >= 0.6 is 11.3 Å². The molecule has 0 aliphatic rings. The Labute approximate surface area is 108 Å². The Morgan fingerprint density at radius 3 is 2.89 bits per heavy atom. The van der Waals surface area contributed by atoms with E-state index >= 15 is 0 Å². The molecule has 0 radical (unpaired) electrons. The summed E-state index contributed by atoms with van der Waals surface area (Å²) < 4.78 is 1.61. The number of aromatic nitrogens is 4. The highest BCUT2D eigenvalue weighted by molar-refractivity contribution is 7.08. The highest BCUT2D eigenvalue weighted by Gasteiger charge is 2.24. The Morgan fingerprint density at radius 2 is 2.33 bits per heavy atom. The van der Waals surface area contributed by atoms with E-state index in [2.05, 4.69) is 15.5 Å². The van der Waals surface area contributed by atoms with Crippen molar-refractivity contribution in [2.75, 3.05) is 0 Å². The van der Waals surface area contributed by atoms with E-state index < -0.39 is 5.97 Å². The average molecular weight is 266 g/mol. The van der Waals surface area contributed by atoms with Crippen molar-refractivity contribution < 1.29 is 9.90 Å². The predicted octanol–water partition coefficient (Wildman–Crippen LogP) is 2.07. The van der Waals surface area contributed by atoms with Gasteiger partial charge >= 0.3 is 5.97 Å². The van der Waals surface area contributed by atoms with Crippen molar-refractivity contribution >= 4 is 17.3 Å². The monoisotopic (exact) mass is 266 g/mol. The molecule has 0 fully saturated rings. The minimum atomic E-state index is -0.847. The largest absolute Gasteiger partial charge is 0.481 e. The maximum atomic E-state index is 10.9. The van der Waals surface area contributed by atoms with Crippen molar-refractivity contribution in [3.8, 4) is 11.4 Å². The van der Waals surface area contributed by atoms with Crippen LogP contribution in [0.25, 0.3) is 11.4 Å². The van der Waals surface area contributed by atoms with Crippen molar-refractivity contribution in [2.45, 2.75) is 26.3 Å². The molecule has 0 amide bonds. The minimum absolute atomic E-state index is 0.0137. The van der Waals surface area contributed by atoms with Gasteiger partial charge < -0.3 is 5.11 Å². The van der Waals surface area contributed by atoms with Gasteiger partial charge in [-0.05, 0) is 27.8 Å². The molecule has 0 spiro atoms. The van der Waals surface area contributed by atoms with Gasteiger partial charge in [-0.15, -0.1) is 5.10 Å². The van der Waals surface area contributed by atoms with Crippen molar-refractivity contribution in [1.82, 2.24) is 20.2 Å². The fraction of sp³-hybridized carbons (Fsp3) is 0.455. The summed E-state index contributed by atoms with van der Waals surface area (Å²) in [5, 5.41) is 24.5. The second-order valence-corrected chi connectivity index (χ2v) is 5.15. The van der Waals surface area contributed by atoms with Crippen LogP contribution in [0.4, 0.5) is 0 Å². The molecule has 2 aromatic rings. The molecule has 0 aromatic carbocycles. The van der Waals surface area contributed by atoms with E-state index in [4.69, 9.17) is 5.11 Å². The number of rotatable bonds is 5. The van der Waals surface area contributed by atoms with Crippen LogP contribution < -0.4 is 0 Å². The van der Waals surface area contributed by atoms with Crippen molar-refractivity contribution in [3.05, 3.63) is 16.8 Å². The van der Waals surface area contributed by atoms with E-state index in [1.165, 1.54) is 0 Å². The molecule has 0 bridgehead atoms. The molecule has 0 saturated carbocycles. The minimum Gasteiger partial charge on any atom is -0.481 e. The van der Waals surface area contributed by atoms with Crippen LogP contribution in [-0.4, -0.2) is 31.3 Å². The molecule has 6 nitrogen and oxygen atoms in total. The number of thiophene rings is 1. The summed E-state index contributed by atoms with van der Waals surface area (Å²) in [5.41, 5.74) is 0.918. The molecular formula is C11H14N4O2S. The Kier molecular flexibility index (Phi) is 3.71. The van der Waals surface area contributed by atoms with E-state index in [0.717, 1.165) is 5.56 Å². The van der Waals surface area contributed by atoms with E-state index in [0.29, 0.717) is 5.82 Å². The van der Waals surface area contributed by atoms with Gasteiger partial charge in [-0.25, -0.2) is 4.68 Å². The fourth-order valence-corrected chi connectivity index (χ4v) is 2.42. The first-order valence-corrected chi connectivity index (χ1v) is 6.56. The molecule has 1 atom stereocenters. The first-order chi connectivity index (χ1) is 8.59. The Morgan fingerprint density at radius 1 is 1.56 bits per heavy atom. The maximum absolute atomic E-state index is 10.9. The van der Waals surface area contributed by atoms with Crippen LogP contribution in [0.15, 0.2) is 16.8 Å². The van der Waals surface area contributed by atoms with Gasteiger partial charge in [0.05, 0.1) is 12.5 Å². The number of aliphatic carboxylic acids is 1. The van der Waals surface area contributed by atoms with E-state index in [-0.39, 0.29) is 18.4 Å². The molecule has 0 saturated heterocycles. The second-order valence-electron chi connectivity index (χ2n) is 4.37. The standard InChI is InChI=1S/C11H14N4O2S/c1-7(2)9(5-10(16)17)15-11(12-13-14-15)8-3-4-18-6-8/h3-4,6-7,9H,5H2,1-2H3,(H,16,17). The third kappa shape index (κ3) is 2.56. The quantitative estimate of drug-likeness (QED) is 0.896. The average Bonchev–Trinajstić information content (AvgIpc) is 2.95. The molecule has 2 rings (SSSR count). The normalized spacial score (nSPS) is 12.8. The Hall–Kier alpha value is -1.76. The number of carbonyl (C=O) groups is 1. The lowest BCUT2D eigenvalue weighted by atomic mass is 10.0. The number of carboxylic acids is 1. The highest BCUT2D eigenvalue weighted by atomic mass is 32.1. The van der Waals surface area contributed by atoms with Gasteiger partial charge in [-0.2, -0.15) is 11.3 Å². The van der Waals surface area contributed by atoms with Gasteiger partial charge in [-0.3, -0.25) is 4.79 Å². The lowest BCUT2D eigenvalue weighted by molar-refractivity contribution is -0.138. The van der Waals surface area contributed by atoms with Gasteiger partial charge in [0.15, 0.2) is 5.82 Å². The summed E-state index contributed by atoms with van der Waals surface area (Å²) >= 11 is 1.56. The second kappa shape index (κ2) is 5.26. The van der Waals surface area contributed by atoms with Gasteiger partial charge in [-0.1, -0.05) is 13.8 Å². The molecule has 96 valence electrons. The number of hydrogen-bond donors (Lipinski definition) is 1. The summed E-state index contributed by atoms with van der Waals surface area (Å²) in [6.07, 6.45) is 0.0137. The van der Waals surface area contributed by atoms with E-state index in [1.807, 2.05) is 30.7 Å². The number of carboxylic acid groups (broad SMARTS) is 1. The molecule has 7 heteroatoms. The van der Waals surface area contributed by atoms with Crippen LogP contribution in [0, 0.1) is 5.92 Å². The lowest BCUT2D eigenvalue weighted by Gasteiger charge is -2.19. The molecule has 18 heavy (non-hydrogen) atoms. The molecular weight excluding hydrogens is 252 g/mol.